The minimum absolute atomic E-state index is 0.153. The van der Waals surface area contributed by atoms with Crippen molar-refractivity contribution in [3.8, 4) is 11.4 Å². The number of carboxylic acid groups (broad SMARTS) is 1. The van der Waals surface area contributed by atoms with Crippen molar-refractivity contribution in [1.82, 2.24) is 19.5 Å². The third-order valence-electron chi connectivity index (χ3n) is 7.68. The van der Waals surface area contributed by atoms with Gasteiger partial charge in [-0.15, -0.1) is 0 Å². The highest BCUT2D eigenvalue weighted by Gasteiger charge is 2.34. The monoisotopic (exact) mass is 491 g/mol. The number of ether oxygens (including phenoxy) is 1. The highest BCUT2D eigenvalue weighted by Crippen LogP contribution is 2.43. The first-order valence-corrected chi connectivity index (χ1v) is 12.7. The fourth-order valence-corrected chi connectivity index (χ4v) is 6.08. The van der Waals surface area contributed by atoms with E-state index in [9.17, 15) is 9.90 Å². The maximum absolute atomic E-state index is 11.5. The smallest absolute Gasteiger partial charge is 0.317 e. The summed E-state index contributed by atoms with van der Waals surface area (Å²) in [7, 11) is 1.54. The summed E-state index contributed by atoms with van der Waals surface area (Å²) in [5, 5.41) is 12.8. The minimum atomic E-state index is -0.937. The number of carbonyl (C=O) groups is 1. The van der Waals surface area contributed by atoms with Gasteiger partial charge in [0.2, 0.25) is 5.69 Å². The van der Waals surface area contributed by atoms with Crippen LogP contribution in [0.5, 0.6) is 0 Å². The van der Waals surface area contributed by atoms with Crippen LogP contribution >= 0.6 is 0 Å². The number of nitrogens with one attached hydrogen (secondary N) is 1. The van der Waals surface area contributed by atoms with E-state index in [2.05, 4.69) is 49.8 Å². The Hall–Kier alpha value is -3.15. The molecule has 1 saturated carbocycles. The largest absolute Gasteiger partial charge is 0.480 e. The third-order valence-corrected chi connectivity index (χ3v) is 7.68. The summed E-state index contributed by atoms with van der Waals surface area (Å²) in [5.74, 6) is 2.11. The molecule has 36 heavy (non-hydrogen) atoms. The standard InChI is InChI=1S/C28H37N5O3/c1-17-7-9-21(10-8-17)27-30-28-23(13-22-19(3)11-18(2)12-20(22)4)26(29-5)24(33(28)31-27)14-32(16-36-6)15-25(34)35/h7-10,18-20,22H,11-16H2,1-4,6H3,(H,30,31)(H,34,35). The molecule has 1 aliphatic carbocycles. The molecule has 2 atom stereocenters. The Morgan fingerprint density at radius 3 is 2.50 bits per heavy atom. The fourth-order valence-electron chi connectivity index (χ4n) is 6.08. The Morgan fingerprint density at radius 2 is 1.92 bits per heavy atom. The van der Waals surface area contributed by atoms with Crippen LogP contribution in [0.25, 0.3) is 21.9 Å². The van der Waals surface area contributed by atoms with E-state index in [0.29, 0.717) is 29.4 Å². The summed E-state index contributed by atoms with van der Waals surface area (Å²) in [5.41, 5.74) is 5.17. The Labute approximate surface area is 213 Å². The molecule has 4 rings (SSSR count). The lowest BCUT2D eigenvalue weighted by molar-refractivity contribution is -0.139. The number of hydrogen-bond acceptors (Lipinski definition) is 4. The highest BCUT2D eigenvalue weighted by atomic mass is 16.5. The van der Waals surface area contributed by atoms with E-state index in [0.717, 1.165) is 34.7 Å². The van der Waals surface area contributed by atoms with E-state index in [4.69, 9.17) is 16.3 Å². The average molecular weight is 492 g/mol. The third kappa shape index (κ3) is 5.32. The molecule has 1 aliphatic rings. The van der Waals surface area contributed by atoms with Crippen molar-refractivity contribution in [3.05, 3.63) is 52.5 Å². The summed E-state index contributed by atoms with van der Waals surface area (Å²) < 4.78 is 7.16. The predicted molar refractivity (Wildman–Crippen MR) is 140 cm³/mol. The number of H-pyrrole nitrogens is 1. The fraction of sp³-hybridized carbons (Fsp3) is 0.536. The van der Waals surface area contributed by atoms with Crippen LogP contribution in [0.1, 0.15) is 50.4 Å². The van der Waals surface area contributed by atoms with Gasteiger partial charge in [-0.3, -0.25) is 19.3 Å². The zero-order valence-corrected chi connectivity index (χ0v) is 21.9. The van der Waals surface area contributed by atoms with E-state index in [-0.39, 0.29) is 19.8 Å². The van der Waals surface area contributed by atoms with Crippen LogP contribution in [0, 0.1) is 37.2 Å². The second-order valence-corrected chi connectivity index (χ2v) is 10.7. The van der Waals surface area contributed by atoms with Gasteiger partial charge >= 0.3 is 5.97 Å². The first kappa shape index (κ1) is 25.9. The zero-order valence-electron chi connectivity index (χ0n) is 21.9. The van der Waals surface area contributed by atoms with Crippen LogP contribution < -0.4 is 0 Å². The molecule has 2 aromatic heterocycles. The molecule has 0 radical (unpaired) electrons. The van der Waals surface area contributed by atoms with Gasteiger partial charge in [0.05, 0.1) is 25.5 Å². The number of fused-ring (bicyclic) bond motifs is 1. The predicted octanol–water partition coefficient (Wildman–Crippen LogP) is 5.54. The molecule has 0 amide bonds. The van der Waals surface area contributed by atoms with E-state index >= 15 is 0 Å². The van der Waals surface area contributed by atoms with Crippen LogP contribution in [-0.4, -0.2) is 51.0 Å². The second kappa shape index (κ2) is 10.9. The number of methoxy groups -OCH3 is 1. The summed E-state index contributed by atoms with van der Waals surface area (Å²) in [6, 6.07) is 8.19. The molecule has 0 saturated heterocycles. The summed E-state index contributed by atoms with van der Waals surface area (Å²) >= 11 is 0. The number of benzene rings is 1. The topological polar surface area (TPSA) is 87.2 Å². The lowest BCUT2D eigenvalue weighted by Gasteiger charge is -2.38. The van der Waals surface area contributed by atoms with E-state index in [1.807, 2.05) is 16.6 Å². The normalized spacial score (nSPS) is 22.2. The number of aliphatic carboxylic acids is 1. The Bertz CT molecular complexity index is 1240. The van der Waals surface area contributed by atoms with Crippen molar-refractivity contribution < 1.29 is 14.6 Å². The van der Waals surface area contributed by atoms with E-state index in [1.165, 1.54) is 18.4 Å². The maximum atomic E-state index is 11.5. The number of aromatic nitrogens is 3. The van der Waals surface area contributed by atoms with Crippen LogP contribution in [0.4, 0.5) is 5.69 Å². The number of nitrogens with zero attached hydrogens (tertiary/aromatic N) is 4. The van der Waals surface area contributed by atoms with Gasteiger partial charge in [-0.05, 0) is 49.9 Å². The molecular weight excluding hydrogens is 454 g/mol. The van der Waals surface area contributed by atoms with Gasteiger partial charge in [0, 0.05) is 24.8 Å². The minimum Gasteiger partial charge on any atom is -0.480 e. The molecule has 0 bridgehead atoms. The molecular formula is C28H37N5O3. The Kier molecular flexibility index (Phi) is 7.82. The average Bonchev–Trinajstić information content (AvgIpc) is 3.34. The van der Waals surface area contributed by atoms with Crippen LogP contribution in [0.15, 0.2) is 24.3 Å². The van der Waals surface area contributed by atoms with E-state index < -0.39 is 5.97 Å². The van der Waals surface area contributed by atoms with Gasteiger partial charge in [-0.1, -0.05) is 50.6 Å². The first-order valence-electron chi connectivity index (χ1n) is 12.7. The number of rotatable bonds is 9. The number of aromatic amines is 1. The van der Waals surface area contributed by atoms with Crippen molar-refractivity contribution in [1.29, 1.82) is 0 Å². The molecule has 1 fully saturated rings. The molecule has 0 spiro atoms. The first-order chi connectivity index (χ1) is 17.2. The van der Waals surface area contributed by atoms with Gasteiger partial charge in [-0.2, -0.15) is 0 Å². The number of carboxylic acids is 1. The molecule has 192 valence electrons. The number of aryl methyl sites for hydroxylation is 1. The molecule has 8 heteroatoms. The molecule has 2 heterocycles. The van der Waals surface area contributed by atoms with Crippen LogP contribution in [0.2, 0.25) is 0 Å². The molecule has 2 N–H and O–H groups in total. The van der Waals surface area contributed by atoms with Gasteiger partial charge in [-0.25, -0.2) is 9.83 Å². The Balaban J connectivity index is 1.82. The second-order valence-electron chi connectivity index (χ2n) is 10.7. The molecule has 8 nitrogen and oxygen atoms in total. The van der Waals surface area contributed by atoms with Crippen molar-refractivity contribution in [3.63, 3.8) is 0 Å². The molecule has 2 unspecified atom stereocenters. The van der Waals surface area contributed by atoms with Gasteiger partial charge in [0.25, 0.3) is 0 Å². The highest BCUT2D eigenvalue weighted by molar-refractivity contribution is 5.73. The van der Waals surface area contributed by atoms with Crippen molar-refractivity contribution in [2.24, 2.45) is 23.7 Å². The van der Waals surface area contributed by atoms with E-state index in [1.54, 1.807) is 12.0 Å². The zero-order chi connectivity index (χ0) is 26.0. The molecule has 3 aromatic rings. The summed E-state index contributed by atoms with van der Waals surface area (Å²) in [6.45, 7) is 17.4. The molecule has 1 aromatic carbocycles. The lowest BCUT2D eigenvalue weighted by atomic mass is 9.67. The van der Waals surface area contributed by atoms with Crippen molar-refractivity contribution in [2.75, 3.05) is 20.4 Å². The van der Waals surface area contributed by atoms with Gasteiger partial charge in [0.15, 0.2) is 5.82 Å². The number of hydrogen-bond donors (Lipinski definition) is 2. The maximum Gasteiger partial charge on any atom is 0.317 e. The van der Waals surface area contributed by atoms with Gasteiger partial charge in [0.1, 0.15) is 5.65 Å². The lowest BCUT2D eigenvalue weighted by Crippen LogP contribution is -2.31. The SMILES string of the molecule is [C-]#[N+]c1c(CC2C(C)CC(C)CC2C)c2nc(-c3ccc(C)cc3)[nH]n2c1CN(COC)CC(=O)O. The van der Waals surface area contributed by atoms with Crippen molar-refractivity contribution in [2.45, 2.75) is 53.5 Å². The summed E-state index contributed by atoms with van der Waals surface area (Å²) in [4.78, 5) is 22.1. The van der Waals surface area contributed by atoms with Crippen molar-refractivity contribution >= 4 is 17.3 Å². The summed E-state index contributed by atoms with van der Waals surface area (Å²) in [6.07, 6.45) is 3.18. The molecule has 0 aliphatic heterocycles. The Morgan fingerprint density at radius 1 is 1.25 bits per heavy atom. The quantitative estimate of drug-likeness (QED) is 0.303. The van der Waals surface area contributed by atoms with Gasteiger partial charge < -0.3 is 9.84 Å². The van der Waals surface area contributed by atoms with Crippen LogP contribution in [-0.2, 0) is 22.5 Å². The van der Waals surface area contributed by atoms with Crippen LogP contribution in [0.3, 0.4) is 0 Å².